The number of ether oxygens (including phenoxy) is 1. The smallest absolute Gasteiger partial charge is 0.129 e. The molecule has 0 heterocycles. The van der Waals surface area contributed by atoms with E-state index >= 15 is 0 Å². The fraction of sp³-hybridized carbons (Fsp3) is 0.750. The molecule has 2 nitrogen and oxygen atoms in total. The molecule has 0 fully saturated rings. The molecule has 0 spiro atoms. The summed E-state index contributed by atoms with van der Waals surface area (Å²) >= 11 is 0. The Balaban J connectivity index is 3.41. The van der Waals surface area contributed by atoms with Gasteiger partial charge in [-0.15, -0.1) is 5.54 Å². The van der Waals surface area contributed by atoms with Crippen molar-refractivity contribution in [2.75, 3.05) is 19.8 Å². The first kappa shape index (κ1) is 10.7. The van der Waals surface area contributed by atoms with Crippen molar-refractivity contribution in [2.24, 2.45) is 0 Å². The molecule has 0 saturated carbocycles. The van der Waals surface area contributed by atoms with Crippen molar-refractivity contribution in [1.29, 1.82) is 0 Å². The van der Waals surface area contributed by atoms with E-state index in [1.807, 2.05) is 0 Å². The zero-order chi connectivity index (χ0) is 8.74. The Hall–Kier alpha value is -0.303. The zero-order valence-corrected chi connectivity index (χ0v) is 8.48. The van der Waals surface area contributed by atoms with Gasteiger partial charge in [-0.25, -0.2) is 0 Å². The molecule has 0 bridgehead atoms. The lowest BCUT2D eigenvalue weighted by atomic mass is 10.7. The Bertz CT molecular complexity index is 150. The van der Waals surface area contributed by atoms with E-state index in [1.165, 1.54) is 0 Å². The van der Waals surface area contributed by atoms with Crippen molar-refractivity contribution in [1.82, 2.24) is 0 Å². The molecule has 0 aliphatic carbocycles. The Morgan fingerprint density at radius 3 is 2.45 bits per heavy atom. The minimum atomic E-state index is -1.22. The lowest BCUT2D eigenvalue weighted by Gasteiger charge is -2.03. The summed E-state index contributed by atoms with van der Waals surface area (Å²) in [6.07, 6.45) is 0. The predicted octanol–water partition coefficient (Wildman–Crippen LogP) is 0.876. The van der Waals surface area contributed by atoms with E-state index in [0.29, 0.717) is 13.2 Å². The largest absolute Gasteiger partial charge is 0.394 e. The molecule has 0 aliphatic heterocycles. The first-order valence-corrected chi connectivity index (χ1v) is 7.25. The summed E-state index contributed by atoms with van der Waals surface area (Å²) < 4.78 is 4.98. The van der Waals surface area contributed by atoms with E-state index in [1.54, 1.807) is 0 Å². The summed E-state index contributed by atoms with van der Waals surface area (Å²) in [5.41, 5.74) is 3.16. The minimum absolute atomic E-state index is 0.0780. The van der Waals surface area contributed by atoms with Crippen LogP contribution in [0.3, 0.4) is 0 Å². The molecule has 0 rings (SSSR count). The topological polar surface area (TPSA) is 29.5 Å². The van der Waals surface area contributed by atoms with Crippen LogP contribution in [0.2, 0.25) is 19.6 Å². The van der Waals surface area contributed by atoms with Gasteiger partial charge in [0, 0.05) is 0 Å². The summed E-state index contributed by atoms with van der Waals surface area (Å²) in [7, 11) is -1.22. The van der Waals surface area contributed by atoms with Gasteiger partial charge >= 0.3 is 0 Å². The summed E-state index contributed by atoms with van der Waals surface area (Å²) in [6.45, 7) is 7.48. The second-order valence-electron chi connectivity index (χ2n) is 3.33. The van der Waals surface area contributed by atoms with Crippen LogP contribution in [0.1, 0.15) is 0 Å². The normalized spacial score (nSPS) is 10.5. The van der Waals surface area contributed by atoms with Gasteiger partial charge < -0.3 is 9.84 Å². The first-order valence-electron chi connectivity index (χ1n) is 3.75. The third kappa shape index (κ3) is 9.70. The highest BCUT2D eigenvalue weighted by Gasteiger charge is 2.06. The molecular weight excluding hydrogens is 156 g/mol. The van der Waals surface area contributed by atoms with Crippen LogP contribution in [0, 0.1) is 11.5 Å². The van der Waals surface area contributed by atoms with Crippen LogP contribution in [-0.2, 0) is 4.74 Å². The Kier molecular flexibility index (Phi) is 5.21. The van der Waals surface area contributed by atoms with Crippen LogP contribution in [0.5, 0.6) is 0 Å². The number of hydrogen-bond donors (Lipinski definition) is 1. The molecule has 0 unspecified atom stereocenters. The van der Waals surface area contributed by atoms with E-state index in [2.05, 4.69) is 31.1 Å². The maximum absolute atomic E-state index is 8.36. The molecule has 3 heteroatoms. The van der Waals surface area contributed by atoms with Crippen molar-refractivity contribution >= 4 is 8.07 Å². The van der Waals surface area contributed by atoms with Crippen LogP contribution < -0.4 is 0 Å². The standard InChI is InChI=1S/C8H16O2Si/c1-11(2,3)8-4-6-10-7-5-9/h9H,5-7H2,1-3H3. The third-order valence-corrected chi connectivity index (χ3v) is 1.80. The average molecular weight is 172 g/mol. The highest BCUT2D eigenvalue weighted by molar-refractivity contribution is 6.83. The van der Waals surface area contributed by atoms with E-state index in [4.69, 9.17) is 9.84 Å². The zero-order valence-electron chi connectivity index (χ0n) is 7.48. The van der Waals surface area contributed by atoms with Gasteiger partial charge in [0.25, 0.3) is 0 Å². The van der Waals surface area contributed by atoms with E-state index < -0.39 is 8.07 Å². The van der Waals surface area contributed by atoms with Crippen molar-refractivity contribution in [3.8, 4) is 11.5 Å². The molecule has 0 aliphatic rings. The van der Waals surface area contributed by atoms with Crippen molar-refractivity contribution in [3.63, 3.8) is 0 Å². The fourth-order valence-electron chi connectivity index (χ4n) is 0.489. The third-order valence-electron chi connectivity index (χ3n) is 0.873. The van der Waals surface area contributed by atoms with Gasteiger partial charge in [-0.1, -0.05) is 25.6 Å². The van der Waals surface area contributed by atoms with Gasteiger partial charge in [-0.05, 0) is 0 Å². The molecule has 0 atom stereocenters. The fourth-order valence-corrected chi connectivity index (χ4v) is 1.09. The highest BCUT2D eigenvalue weighted by atomic mass is 28.3. The predicted molar refractivity (Wildman–Crippen MR) is 49.0 cm³/mol. The van der Waals surface area contributed by atoms with Crippen molar-refractivity contribution < 1.29 is 9.84 Å². The molecule has 0 amide bonds. The summed E-state index contributed by atoms with van der Waals surface area (Å²) in [6, 6.07) is 0. The van der Waals surface area contributed by atoms with Gasteiger partial charge in [-0.2, -0.15) is 0 Å². The Labute approximate surface area is 69.6 Å². The quantitative estimate of drug-likeness (QED) is 0.389. The minimum Gasteiger partial charge on any atom is -0.394 e. The molecule has 0 saturated heterocycles. The summed E-state index contributed by atoms with van der Waals surface area (Å²) in [5, 5.41) is 8.36. The van der Waals surface area contributed by atoms with Gasteiger partial charge in [0.15, 0.2) is 0 Å². The second-order valence-corrected chi connectivity index (χ2v) is 8.08. The monoisotopic (exact) mass is 172 g/mol. The lowest BCUT2D eigenvalue weighted by molar-refractivity contribution is 0.115. The molecule has 0 aromatic carbocycles. The van der Waals surface area contributed by atoms with Crippen LogP contribution in [-0.4, -0.2) is 33.0 Å². The van der Waals surface area contributed by atoms with Crippen molar-refractivity contribution in [3.05, 3.63) is 0 Å². The Morgan fingerprint density at radius 2 is 2.00 bits per heavy atom. The van der Waals surface area contributed by atoms with Gasteiger partial charge in [0.05, 0.1) is 13.2 Å². The van der Waals surface area contributed by atoms with Gasteiger partial charge in [-0.3, -0.25) is 0 Å². The Morgan fingerprint density at radius 1 is 1.36 bits per heavy atom. The SMILES string of the molecule is C[Si](C)(C)C#CCOCCO. The molecule has 1 N–H and O–H groups in total. The first-order chi connectivity index (χ1) is 5.06. The molecule has 0 aromatic rings. The van der Waals surface area contributed by atoms with E-state index in [-0.39, 0.29) is 6.61 Å². The molecule has 11 heavy (non-hydrogen) atoms. The number of rotatable bonds is 3. The van der Waals surface area contributed by atoms with Crippen LogP contribution in [0.25, 0.3) is 0 Å². The van der Waals surface area contributed by atoms with Crippen LogP contribution >= 0.6 is 0 Å². The van der Waals surface area contributed by atoms with Gasteiger partial charge in [0.1, 0.15) is 14.7 Å². The lowest BCUT2D eigenvalue weighted by Crippen LogP contribution is -2.16. The molecule has 0 aromatic heterocycles. The summed E-state index contributed by atoms with van der Waals surface area (Å²) in [4.78, 5) is 0. The molecule has 64 valence electrons. The summed E-state index contributed by atoms with van der Waals surface area (Å²) in [5.74, 6) is 2.94. The van der Waals surface area contributed by atoms with Crippen LogP contribution in [0.15, 0.2) is 0 Å². The number of aliphatic hydroxyl groups is 1. The highest BCUT2D eigenvalue weighted by Crippen LogP contribution is 1.95. The van der Waals surface area contributed by atoms with Crippen LogP contribution in [0.4, 0.5) is 0 Å². The maximum Gasteiger partial charge on any atom is 0.129 e. The van der Waals surface area contributed by atoms with Crippen molar-refractivity contribution in [2.45, 2.75) is 19.6 Å². The average Bonchev–Trinajstić information content (AvgIpc) is 1.85. The number of aliphatic hydroxyl groups excluding tert-OH is 1. The van der Waals surface area contributed by atoms with E-state index in [0.717, 1.165) is 0 Å². The molecule has 0 radical (unpaired) electrons. The molecular formula is C8H16O2Si. The van der Waals surface area contributed by atoms with E-state index in [9.17, 15) is 0 Å². The maximum atomic E-state index is 8.36. The number of hydrogen-bond acceptors (Lipinski definition) is 2. The second kappa shape index (κ2) is 5.36. The van der Waals surface area contributed by atoms with Gasteiger partial charge in [0.2, 0.25) is 0 Å².